The van der Waals surface area contributed by atoms with Crippen LogP contribution < -0.4 is 0 Å². The lowest BCUT2D eigenvalue weighted by atomic mass is 9.98. The predicted octanol–water partition coefficient (Wildman–Crippen LogP) is 3.07. The quantitative estimate of drug-likeness (QED) is 0.786. The number of rotatable bonds is 3. The van der Waals surface area contributed by atoms with E-state index in [2.05, 4.69) is 6.92 Å². The van der Waals surface area contributed by atoms with Crippen LogP contribution in [-0.2, 0) is 0 Å². The van der Waals surface area contributed by atoms with Gasteiger partial charge in [0, 0.05) is 12.6 Å². The zero-order valence-corrected chi connectivity index (χ0v) is 9.82. The van der Waals surface area contributed by atoms with Crippen LogP contribution in [0.1, 0.15) is 49.6 Å². The van der Waals surface area contributed by atoms with Gasteiger partial charge in [-0.3, -0.25) is 4.79 Å². The van der Waals surface area contributed by atoms with Crippen LogP contribution in [0.3, 0.4) is 0 Å². The minimum atomic E-state index is 0.0585. The van der Waals surface area contributed by atoms with Gasteiger partial charge in [0.2, 0.25) is 0 Å². The van der Waals surface area contributed by atoms with Gasteiger partial charge in [-0.2, -0.15) is 0 Å². The van der Waals surface area contributed by atoms with Crippen molar-refractivity contribution < 1.29 is 9.21 Å². The molecule has 1 saturated heterocycles. The number of carbonyl (C=O) groups excluding carboxylic acids is 1. The third-order valence-electron chi connectivity index (χ3n) is 3.24. The van der Waals surface area contributed by atoms with Crippen LogP contribution in [-0.4, -0.2) is 23.4 Å². The molecular formula is C13H19NO2. The smallest absolute Gasteiger partial charge is 0.289 e. The van der Waals surface area contributed by atoms with Gasteiger partial charge in [-0.15, -0.1) is 0 Å². The van der Waals surface area contributed by atoms with Crippen LogP contribution in [0.2, 0.25) is 0 Å². The van der Waals surface area contributed by atoms with Gasteiger partial charge in [0.05, 0.1) is 6.26 Å². The standard InChI is InChI=1S/C13H19NO2/c1-2-6-11-7-3-4-9-14(11)13(15)12-8-5-10-16-12/h5,8,10-11H,2-4,6-7,9H2,1H3. The first-order valence-electron chi connectivity index (χ1n) is 6.17. The van der Waals surface area contributed by atoms with Gasteiger partial charge in [0.1, 0.15) is 0 Å². The number of hydrogen-bond donors (Lipinski definition) is 0. The average molecular weight is 221 g/mol. The molecule has 88 valence electrons. The molecule has 0 bridgehead atoms. The molecule has 2 heterocycles. The molecule has 3 heteroatoms. The summed E-state index contributed by atoms with van der Waals surface area (Å²) >= 11 is 0. The molecule has 0 aliphatic carbocycles. The van der Waals surface area contributed by atoms with E-state index in [4.69, 9.17) is 4.42 Å². The number of carbonyl (C=O) groups is 1. The van der Waals surface area contributed by atoms with Crippen LogP contribution in [0.25, 0.3) is 0 Å². The van der Waals surface area contributed by atoms with Crippen molar-refractivity contribution in [2.24, 2.45) is 0 Å². The summed E-state index contributed by atoms with van der Waals surface area (Å²) in [5.41, 5.74) is 0. The van der Waals surface area contributed by atoms with Gasteiger partial charge in [-0.05, 0) is 37.8 Å². The molecule has 1 amide bonds. The molecule has 1 aromatic rings. The summed E-state index contributed by atoms with van der Waals surface area (Å²) in [5.74, 6) is 0.533. The van der Waals surface area contributed by atoms with Crippen molar-refractivity contribution in [3.63, 3.8) is 0 Å². The highest BCUT2D eigenvalue weighted by molar-refractivity contribution is 5.91. The summed E-state index contributed by atoms with van der Waals surface area (Å²) in [6.07, 6.45) is 7.30. The van der Waals surface area contributed by atoms with Crippen molar-refractivity contribution >= 4 is 5.91 Å². The first-order valence-corrected chi connectivity index (χ1v) is 6.17. The SMILES string of the molecule is CCCC1CCCCN1C(=O)c1ccco1. The van der Waals surface area contributed by atoms with E-state index < -0.39 is 0 Å². The molecule has 1 aliphatic heterocycles. The van der Waals surface area contributed by atoms with Gasteiger partial charge in [0.15, 0.2) is 5.76 Å². The van der Waals surface area contributed by atoms with Crippen molar-refractivity contribution in [3.05, 3.63) is 24.2 Å². The van der Waals surface area contributed by atoms with E-state index in [0.29, 0.717) is 11.8 Å². The van der Waals surface area contributed by atoms with E-state index in [0.717, 1.165) is 32.2 Å². The molecule has 1 atom stereocenters. The average Bonchev–Trinajstić information content (AvgIpc) is 2.83. The van der Waals surface area contributed by atoms with Gasteiger partial charge in [-0.25, -0.2) is 0 Å². The third-order valence-corrected chi connectivity index (χ3v) is 3.24. The van der Waals surface area contributed by atoms with Crippen LogP contribution in [0.4, 0.5) is 0 Å². The Kier molecular flexibility index (Phi) is 3.65. The molecule has 1 fully saturated rings. The van der Waals surface area contributed by atoms with E-state index in [1.54, 1.807) is 18.4 Å². The second-order valence-corrected chi connectivity index (χ2v) is 4.41. The maximum atomic E-state index is 12.2. The van der Waals surface area contributed by atoms with Gasteiger partial charge < -0.3 is 9.32 Å². The number of furan rings is 1. The second-order valence-electron chi connectivity index (χ2n) is 4.41. The Morgan fingerprint density at radius 2 is 2.44 bits per heavy atom. The predicted molar refractivity (Wildman–Crippen MR) is 62.3 cm³/mol. The van der Waals surface area contributed by atoms with E-state index >= 15 is 0 Å². The fraction of sp³-hybridized carbons (Fsp3) is 0.615. The Morgan fingerprint density at radius 3 is 3.12 bits per heavy atom. The Bertz CT molecular complexity index is 330. The summed E-state index contributed by atoms with van der Waals surface area (Å²) in [7, 11) is 0. The van der Waals surface area contributed by atoms with E-state index in [1.807, 2.05) is 4.90 Å². The summed E-state index contributed by atoms with van der Waals surface area (Å²) in [6, 6.07) is 3.93. The van der Waals surface area contributed by atoms with Crippen LogP contribution >= 0.6 is 0 Å². The number of amides is 1. The molecular weight excluding hydrogens is 202 g/mol. The summed E-state index contributed by atoms with van der Waals surface area (Å²) in [4.78, 5) is 14.2. The third kappa shape index (κ3) is 2.29. The first kappa shape index (κ1) is 11.2. The van der Waals surface area contributed by atoms with Crippen molar-refractivity contribution in [1.82, 2.24) is 4.90 Å². The normalized spacial score (nSPS) is 21.1. The Labute approximate surface area is 96.4 Å². The largest absolute Gasteiger partial charge is 0.459 e. The highest BCUT2D eigenvalue weighted by Crippen LogP contribution is 2.22. The molecule has 0 radical (unpaired) electrons. The van der Waals surface area contributed by atoms with E-state index in [9.17, 15) is 4.79 Å². The van der Waals surface area contributed by atoms with E-state index in [-0.39, 0.29) is 5.91 Å². The molecule has 3 nitrogen and oxygen atoms in total. The molecule has 1 aromatic heterocycles. The first-order chi connectivity index (χ1) is 7.83. The van der Waals surface area contributed by atoms with Crippen molar-refractivity contribution in [3.8, 4) is 0 Å². The zero-order valence-electron chi connectivity index (χ0n) is 9.82. The van der Waals surface area contributed by atoms with Crippen molar-refractivity contribution in [2.45, 2.75) is 45.1 Å². The van der Waals surface area contributed by atoms with Gasteiger partial charge in [0.25, 0.3) is 5.91 Å². The molecule has 2 rings (SSSR count). The molecule has 0 aromatic carbocycles. The van der Waals surface area contributed by atoms with E-state index in [1.165, 1.54) is 6.42 Å². The van der Waals surface area contributed by atoms with Crippen molar-refractivity contribution in [2.75, 3.05) is 6.54 Å². The number of nitrogens with zero attached hydrogens (tertiary/aromatic N) is 1. The van der Waals surface area contributed by atoms with Gasteiger partial charge >= 0.3 is 0 Å². The number of piperidine rings is 1. The van der Waals surface area contributed by atoms with Crippen LogP contribution in [0.15, 0.2) is 22.8 Å². The summed E-state index contributed by atoms with van der Waals surface area (Å²) in [6.45, 7) is 3.05. The minimum absolute atomic E-state index is 0.0585. The molecule has 0 spiro atoms. The fourth-order valence-electron chi connectivity index (χ4n) is 2.44. The topological polar surface area (TPSA) is 33.5 Å². The monoisotopic (exact) mass is 221 g/mol. The fourth-order valence-corrected chi connectivity index (χ4v) is 2.44. The molecule has 0 N–H and O–H groups in total. The maximum Gasteiger partial charge on any atom is 0.289 e. The highest BCUT2D eigenvalue weighted by Gasteiger charge is 2.27. The highest BCUT2D eigenvalue weighted by atomic mass is 16.3. The second kappa shape index (κ2) is 5.19. The Morgan fingerprint density at radius 1 is 1.56 bits per heavy atom. The zero-order chi connectivity index (χ0) is 11.4. The molecule has 1 unspecified atom stereocenters. The minimum Gasteiger partial charge on any atom is -0.459 e. The molecule has 1 aliphatic rings. The number of hydrogen-bond acceptors (Lipinski definition) is 2. The lowest BCUT2D eigenvalue weighted by Crippen LogP contribution is -2.43. The molecule has 16 heavy (non-hydrogen) atoms. The number of likely N-dealkylation sites (tertiary alicyclic amines) is 1. The Hall–Kier alpha value is -1.25. The summed E-state index contributed by atoms with van der Waals surface area (Å²) < 4.78 is 5.18. The maximum absolute atomic E-state index is 12.2. The van der Waals surface area contributed by atoms with Gasteiger partial charge in [-0.1, -0.05) is 13.3 Å². The lowest BCUT2D eigenvalue weighted by molar-refractivity contribution is 0.0568. The summed E-state index contributed by atoms with van der Waals surface area (Å²) in [5, 5.41) is 0. The Balaban J connectivity index is 2.08. The lowest BCUT2D eigenvalue weighted by Gasteiger charge is -2.35. The van der Waals surface area contributed by atoms with Crippen LogP contribution in [0, 0.1) is 0 Å². The molecule has 0 saturated carbocycles. The van der Waals surface area contributed by atoms with Crippen LogP contribution in [0.5, 0.6) is 0 Å². The van der Waals surface area contributed by atoms with Crippen molar-refractivity contribution in [1.29, 1.82) is 0 Å².